The summed E-state index contributed by atoms with van der Waals surface area (Å²) >= 11 is 0. The van der Waals surface area contributed by atoms with Crippen LogP contribution in [0.4, 0.5) is 0 Å². The zero-order chi connectivity index (χ0) is 15.1. The number of rotatable bonds is 5. The Hall–Kier alpha value is -1.81. The maximum atomic E-state index is 12.3. The Morgan fingerprint density at radius 2 is 2.29 bits per heavy atom. The molecular formula is C17H24N2O2. The number of ether oxygens (including phenoxy) is 1. The molecule has 1 amide bonds. The predicted octanol–water partition coefficient (Wildman–Crippen LogP) is 2.31. The molecule has 0 aliphatic carbocycles. The minimum atomic E-state index is 0.0706. The van der Waals surface area contributed by atoms with Crippen LogP contribution in [0.5, 0.6) is 5.75 Å². The number of hydrogen-bond donors (Lipinski definition) is 1. The van der Waals surface area contributed by atoms with E-state index < -0.39 is 0 Å². The van der Waals surface area contributed by atoms with E-state index in [-0.39, 0.29) is 5.91 Å². The van der Waals surface area contributed by atoms with E-state index in [0.29, 0.717) is 12.6 Å². The van der Waals surface area contributed by atoms with Crippen LogP contribution in [0.25, 0.3) is 6.08 Å². The van der Waals surface area contributed by atoms with Gasteiger partial charge in [-0.3, -0.25) is 4.79 Å². The Balaban J connectivity index is 2.01. The van der Waals surface area contributed by atoms with E-state index in [2.05, 4.69) is 5.32 Å². The molecule has 1 atom stereocenters. The Kier molecular flexibility index (Phi) is 5.81. The van der Waals surface area contributed by atoms with Crippen molar-refractivity contribution in [3.05, 3.63) is 35.9 Å². The molecular weight excluding hydrogens is 264 g/mol. The first-order valence-corrected chi connectivity index (χ1v) is 7.60. The summed E-state index contributed by atoms with van der Waals surface area (Å²) in [6.07, 6.45) is 5.68. The molecule has 0 spiro atoms. The molecule has 0 aromatic heterocycles. The van der Waals surface area contributed by atoms with Gasteiger partial charge in [0.15, 0.2) is 0 Å². The number of hydrogen-bond acceptors (Lipinski definition) is 3. The average molecular weight is 288 g/mol. The molecule has 1 unspecified atom stereocenters. The molecule has 1 aromatic carbocycles. The number of nitrogens with one attached hydrogen (secondary N) is 1. The first-order chi connectivity index (χ1) is 10.2. The smallest absolute Gasteiger partial charge is 0.246 e. The quantitative estimate of drug-likeness (QED) is 0.845. The highest BCUT2D eigenvalue weighted by Crippen LogP contribution is 2.19. The van der Waals surface area contributed by atoms with Gasteiger partial charge in [-0.25, -0.2) is 0 Å². The fraction of sp³-hybridized carbons (Fsp3) is 0.471. The van der Waals surface area contributed by atoms with Gasteiger partial charge >= 0.3 is 0 Å². The number of likely N-dealkylation sites (N-methyl/N-ethyl adjacent to an activating group) is 1. The standard InChI is InChI=1S/C17H24N2O2/c1-3-21-16-9-5-4-7-14(16)10-11-17(20)19-12-6-8-15(13-19)18-2/h4-5,7,9-11,15,18H,3,6,8,12-13H2,1-2H3/b11-10+. The summed E-state index contributed by atoms with van der Waals surface area (Å²) in [5.74, 6) is 0.886. The third-order valence-corrected chi connectivity index (χ3v) is 3.77. The summed E-state index contributed by atoms with van der Waals surface area (Å²) in [5, 5.41) is 3.25. The molecule has 114 valence electrons. The summed E-state index contributed by atoms with van der Waals surface area (Å²) in [5.41, 5.74) is 0.940. The highest BCUT2D eigenvalue weighted by Gasteiger charge is 2.20. The second kappa shape index (κ2) is 7.84. The summed E-state index contributed by atoms with van der Waals surface area (Å²) < 4.78 is 5.56. The Labute approximate surface area is 126 Å². The maximum Gasteiger partial charge on any atom is 0.246 e. The third-order valence-electron chi connectivity index (χ3n) is 3.77. The molecule has 1 aliphatic rings. The molecule has 1 saturated heterocycles. The van der Waals surface area contributed by atoms with E-state index in [4.69, 9.17) is 4.74 Å². The van der Waals surface area contributed by atoms with Crippen molar-refractivity contribution in [2.75, 3.05) is 26.7 Å². The van der Waals surface area contributed by atoms with Crippen molar-refractivity contribution in [3.8, 4) is 5.75 Å². The Bertz CT molecular complexity index is 499. The molecule has 0 saturated carbocycles. The van der Waals surface area contributed by atoms with Crippen LogP contribution in [-0.4, -0.2) is 43.6 Å². The number of benzene rings is 1. The van der Waals surface area contributed by atoms with Gasteiger partial charge in [-0.2, -0.15) is 0 Å². The number of likely N-dealkylation sites (tertiary alicyclic amines) is 1. The van der Waals surface area contributed by atoms with Crippen molar-refractivity contribution >= 4 is 12.0 Å². The van der Waals surface area contributed by atoms with Crippen LogP contribution in [0.3, 0.4) is 0 Å². The van der Waals surface area contributed by atoms with Crippen LogP contribution in [0.1, 0.15) is 25.3 Å². The van der Waals surface area contributed by atoms with Crippen LogP contribution >= 0.6 is 0 Å². The Morgan fingerprint density at radius 1 is 1.48 bits per heavy atom. The van der Waals surface area contributed by atoms with Gasteiger partial charge in [0.2, 0.25) is 5.91 Å². The van der Waals surface area contributed by atoms with Gasteiger partial charge in [0.05, 0.1) is 6.61 Å². The number of amides is 1. The largest absolute Gasteiger partial charge is 0.493 e. The predicted molar refractivity (Wildman–Crippen MR) is 85.3 cm³/mol. The number of para-hydroxylation sites is 1. The lowest BCUT2D eigenvalue weighted by Gasteiger charge is -2.31. The molecule has 0 radical (unpaired) electrons. The van der Waals surface area contributed by atoms with Gasteiger partial charge in [-0.1, -0.05) is 18.2 Å². The molecule has 1 heterocycles. The minimum Gasteiger partial charge on any atom is -0.493 e. The minimum absolute atomic E-state index is 0.0706. The Morgan fingerprint density at radius 3 is 3.05 bits per heavy atom. The second-order valence-corrected chi connectivity index (χ2v) is 5.22. The number of carbonyl (C=O) groups is 1. The molecule has 1 aromatic rings. The van der Waals surface area contributed by atoms with Gasteiger partial charge in [-0.15, -0.1) is 0 Å². The van der Waals surface area contributed by atoms with Crippen molar-refractivity contribution in [2.45, 2.75) is 25.8 Å². The number of nitrogens with zero attached hydrogens (tertiary/aromatic N) is 1. The lowest BCUT2D eigenvalue weighted by atomic mass is 10.1. The van der Waals surface area contributed by atoms with E-state index in [0.717, 1.165) is 37.2 Å². The molecule has 1 N–H and O–H groups in total. The fourth-order valence-electron chi connectivity index (χ4n) is 2.58. The maximum absolute atomic E-state index is 12.3. The molecule has 21 heavy (non-hydrogen) atoms. The van der Waals surface area contributed by atoms with Gasteiger partial charge in [0.1, 0.15) is 5.75 Å². The van der Waals surface area contributed by atoms with E-state index in [9.17, 15) is 4.79 Å². The fourth-order valence-corrected chi connectivity index (χ4v) is 2.58. The van der Waals surface area contributed by atoms with Gasteiger partial charge < -0.3 is 15.0 Å². The van der Waals surface area contributed by atoms with E-state index in [1.165, 1.54) is 0 Å². The zero-order valence-corrected chi connectivity index (χ0v) is 12.8. The molecule has 0 bridgehead atoms. The van der Waals surface area contributed by atoms with Crippen LogP contribution in [0.2, 0.25) is 0 Å². The van der Waals surface area contributed by atoms with Crippen LogP contribution in [-0.2, 0) is 4.79 Å². The molecule has 2 rings (SSSR count). The molecule has 1 aliphatic heterocycles. The van der Waals surface area contributed by atoms with Crippen molar-refractivity contribution in [1.29, 1.82) is 0 Å². The van der Waals surface area contributed by atoms with E-state index in [1.54, 1.807) is 6.08 Å². The SMILES string of the molecule is CCOc1ccccc1/C=C/C(=O)N1CCCC(NC)C1. The summed E-state index contributed by atoms with van der Waals surface area (Å²) in [7, 11) is 1.95. The van der Waals surface area contributed by atoms with Gasteiger partial charge in [0, 0.05) is 30.8 Å². The summed E-state index contributed by atoms with van der Waals surface area (Å²) in [4.78, 5) is 14.2. The van der Waals surface area contributed by atoms with E-state index in [1.807, 2.05) is 49.2 Å². The molecule has 1 fully saturated rings. The summed E-state index contributed by atoms with van der Waals surface area (Å²) in [6, 6.07) is 8.18. The lowest BCUT2D eigenvalue weighted by Crippen LogP contribution is -2.46. The normalized spacial score (nSPS) is 19.0. The van der Waals surface area contributed by atoms with Crippen LogP contribution < -0.4 is 10.1 Å². The monoisotopic (exact) mass is 288 g/mol. The zero-order valence-electron chi connectivity index (χ0n) is 12.8. The molecule has 4 heteroatoms. The molecule has 4 nitrogen and oxygen atoms in total. The highest BCUT2D eigenvalue weighted by molar-refractivity contribution is 5.92. The van der Waals surface area contributed by atoms with Crippen molar-refractivity contribution < 1.29 is 9.53 Å². The summed E-state index contributed by atoms with van der Waals surface area (Å²) in [6.45, 7) is 4.20. The topological polar surface area (TPSA) is 41.6 Å². The number of piperidine rings is 1. The van der Waals surface area contributed by atoms with Crippen LogP contribution in [0, 0.1) is 0 Å². The van der Waals surface area contributed by atoms with Gasteiger partial charge in [0.25, 0.3) is 0 Å². The average Bonchev–Trinajstić information content (AvgIpc) is 2.54. The van der Waals surface area contributed by atoms with Crippen molar-refractivity contribution in [3.63, 3.8) is 0 Å². The number of carbonyl (C=O) groups excluding carboxylic acids is 1. The third kappa shape index (κ3) is 4.33. The highest BCUT2D eigenvalue weighted by atomic mass is 16.5. The van der Waals surface area contributed by atoms with Crippen LogP contribution in [0.15, 0.2) is 30.3 Å². The first-order valence-electron chi connectivity index (χ1n) is 7.60. The lowest BCUT2D eigenvalue weighted by molar-refractivity contribution is -0.127. The van der Waals surface area contributed by atoms with Crippen molar-refractivity contribution in [2.24, 2.45) is 0 Å². The van der Waals surface area contributed by atoms with E-state index >= 15 is 0 Å². The van der Waals surface area contributed by atoms with Gasteiger partial charge in [-0.05, 0) is 39.0 Å². The first kappa shape index (κ1) is 15.6. The second-order valence-electron chi connectivity index (χ2n) is 5.22. The van der Waals surface area contributed by atoms with Crippen molar-refractivity contribution in [1.82, 2.24) is 10.2 Å².